The number of halogens is 1. The fourth-order valence-electron chi connectivity index (χ4n) is 2.03. The zero-order valence-corrected chi connectivity index (χ0v) is 11.9. The second-order valence-corrected chi connectivity index (χ2v) is 5.56. The monoisotopic (exact) mass is 234 g/mol. The van der Waals surface area contributed by atoms with E-state index in [-0.39, 0.29) is 11.0 Å². The Labute approximate surface area is 101 Å². The molecule has 92 valence electrons. The number of rotatable bonds is 7. The van der Waals surface area contributed by atoms with Crippen LogP contribution in [0.1, 0.15) is 53.9 Å². The Morgan fingerprint density at radius 3 is 2.00 bits per heavy atom. The maximum Gasteiger partial charge on any atom is 0.0653 e. The molecule has 0 aliphatic carbocycles. The molecule has 2 unspecified atom stereocenters. The van der Waals surface area contributed by atoms with Crippen molar-refractivity contribution in [1.82, 2.24) is 0 Å². The van der Waals surface area contributed by atoms with Gasteiger partial charge in [-0.25, -0.2) is 0 Å². The van der Waals surface area contributed by atoms with Crippen LogP contribution < -0.4 is 0 Å². The molecule has 0 saturated carbocycles. The molecule has 15 heavy (non-hydrogen) atoms. The maximum absolute atomic E-state index is 5.99. The van der Waals surface area contributed by atoms with Crippen molar-refractivity contribution in [3.05, 3.63) is 0 Å². The van der Waals surface area contributed by atoms with Crippen molar-refractivity contribution < 1.29 is 4.74 Å². The van der Waals surface area contributed by atoms with Gasteiger partial charge in [-0.3, -0.25) is 0 Å². The van der Waals surface area contributed by atoms with Gasteiger partial charge in [-0.15, -0.1) is 11.6 Å². The molecule has 0 aromatic heterocycles. The third-order valence-electron chi connectivity index (χ3n) is 4.25. The summed E-state index contributed by atoms with van der Waals surface area (Å²) in [6.45, 7) is 11.2. The first-order chi connectivity index (χ1) is 6.87. The van der Waals surface area contributed by atoms with Gasteiger partial charge in [0.1, 0.15) is 0 Å². The molecular formula is C13H27ClO. The van der Waals surface area contributed by atoms with Gasteiger partial charge in [-0.05, 0) is 31.1 Å². The van der Waals surface area contributed by atoms with Crippen LogP contribution in [0.4, 0.5) is 0 Å². The van der Waals surface area contributed by atoms with E-state index in [9.17, 15) is 0 Å². The van der Waals surface area contributed by atoms with Crippen LogP contribution in [0.15, 0.2) is 0 Å². The van der Waals surface area contributed by atoms with E-state index in [4.69, 9.17) is 16.3 Å². The summed E-state index contributed by atoms with van der Waals surface area (Å²) in [5.74, 6) is 1.26. The molecule has 0 aromatic rings. The van der Waals surface area contributed by atoms with E-state index < -0.39 is 0 Å². The lowest BCUT2D eigenvalue weighted by molar-refractivity contribution is -0.0453. The fraction of sp³-hybridized carbons (Fsp3) is 1.00. The molecule has 0 bridgehead atoms. The molecule has 0 rings (SSSR count). The van der Waals surface area contributed by atoms with Gasteiger partial charge < -0.3 is 4.74 Å². The summed E-state index contributed by atoms with van der Waals surface area (Å²) in [5, 5.41) is 0. The van der Waals surface area contributed by atoms with Gasteiger partial charge in [0.15, 0.2) is 0 Å². The van der Waals surface area contributed by atoms with Gasteiger partial charge in [0.2, 0.25) is 0 Å². The normalized spacial score (nSPS) is 21.8. The van der Waals surface area contributed by atoms with Gasteiger partial charge in [0, 0.05) is 13.0 Å². The lowest BCUT2D eigenvalue weighted by atomic mass is 9.69. The largest absolute Gasteiger partial charge is 0.379 e. The molecule has 0 aliphatic rings. The third kappa shape index (κ3) is 3.96. The van der Waals surface area contributed by atoms with Crippen LogP contribution in [-0.4, -0.2) is 18.6 Å². The summed E-state index contributed by atoms with van der Waals surface area (Å²) in [6.07, 6.45) is 3.28. The van der Waals surface area contributed by atoms with E-state index in [1.54, 1.807) is 0 Å². The van der Waals surface area contributed by atoms with Gasteiger partial charge in [-0.2, -0.15) is 0 Å². The van der Waals surface area contributed by atoms with Crippen LogP contribution in [0.5, 0.6) is 0 Å². The van der Waals surface area contributed by atoms with Crippen LogP contribution in [0.2, 0.25) is 0 Å². The Hall–Kier alpha value is 0.250. The molecular weight excluding hydrogens is 208 g/mol. The Kier molecular flexibility index (Phi) is 6.20. The number of hydrogen-bond acceptors (Lipinski definition) is 1. The van der Waals surface area contributed by atoms with Crippen molar-refractivity contribution >= 4 is 11.6 Å². The van der Waals surface area contributed by atoms with Crippen molar-refractivity contribution in [2.24, 2.45) is 11.3 Å². The lowest BCUT2D eigenvalue weighted by Gasteiger charge is -2.41. The minimum Gasteiger partial charge on any atom is -0.379 e. The molecule has 2 heteroatoms. The van der Waals surface area contributed by atoms with Gasteiger partial charge in [-0.1, -0.05) is 34.1 Å². The zero-order chi connectivity index (χ0) is 12.1. The Balaban J connectivity index is 4.68. The second kappa shape index (κ2) is 6.10. The predicted molar refractivity (Wildman–Crippen MR) is 68.6 cm³/mol. The first kappa shape index (κ1) is 15.2. The highest BCUT2D eigenvalue weighted by Gasteiger charge is 2.36. The SMILES string of the molecule is CCC(C)(CC(C)(CC)[C@@H](C)CCl)OC. The molecule has 3 atom stereocenters. The maximum atomic E-state index is 5.99. The number of alkyl halides is 1. The summed E-state index contributed by atoms with van der Waals surface area (Å²) in [4.78, 5) is 0. The van der Waals surface area contributed by atoms with E-state index in [1.807, 2.05) is 7.11 Å². The van der Waals surface area contributed by atoms with Gasteiger partial charge in [0.25, 0.3) is 0 Å². The van der Waals surface area contributed by atoms with Crippen molar-refractivity contribution in [2.45, 2.75) is 59.5 Å². The van der Waals surface area contributed by atoms with E-state index in [1.165, 1.54) is 0 Å². The molecule has 0 aromatic carbocycles. The minimum absolute atomic E-state index is 0.00885. The van der Waals surface area contributed by atoms with Crippen molar-refractivity contribution in [3.63, 3.8) is 0 Å². The van der Waals surface area contributed by atoms with E-state index >= 15 is 0 Å². The van der Waals surface area contributed by atoms with Crippen LogP contribution in [0, 0.1) is 11.3 Å². The molecule has 0 heterocycles. The molecule has 0 amide bonds. The van der Waals surface area contributed by atoms with Crippen molar-refractivity contribution in [3.8, 4) is 0 Å². The Morgan fingerprint density at radius 2 is 1.73 bits per heavy atom. The standard InChI is InChI=1S/C13H27ClO/c1-7-12(4,11(3)9-14)10-13(5,8-2)15-6/h11H,7-10H2,1-6H3/t11-,12?,13?/m0/s1. The predicted octanol–water partition coefficient (Wildman–Crippen LogP) is 4.48. The third-order valence-corrected chi connectivity index (χ3v) is 4.71. The Morgan fingerprint density at radius 1 is 1.20 bits per heavy atom. The summed E-state index contributed by atoms with van der Waals surface area (Å²) >= 11 is 5.99. The lowest BCUT2D eigenvalue weighted by Crippen LogP contribution is -2.38. The highest BCUT2D eigenvalue weighted by Crippen LogP contribution is 2.41. The topological polar surface area (TPSA) is 9.23 Å². The van der Waals surface area contributed by atoms with Crippen LogP contribution >= 0.6 is 11.6 Å². The summed E-state index contributed by atoms with van der Waals surface area (Å²) in [5.41, 5.74) is 0.271. The summed E-state index contributed by atoms with van der Waals surface area (Å²) < 4.78 is 5.64. The molecule has 0 aliphatic heterocycles. The summed E-state index contributed by atoms with van der Waals surface area (Å²) in [6, 6.07) is 0. The zero-order valence-electron chi connectivity index (χ0n) is 11.2. The smallest absolute Gasteiger partial charge is 0.0653 e. The number of hydrogen-bond donors (Lipinski definition) is 0. The number of ether oxygens (including phenoxy) is 1. The van der Waals surface area contributed by atoms with Crippen molar-refractivity contribution in [2.75, 3.05) is 13.0 Å². The molecule has 0 saturated heterocycles. The average molecular weight is 235 g/mol. The minimum atomic E-state index is -0.00885. The molecule has 1 nitrogen and oxygen atoms in total. The Bertz CT molecular complexity index is 177. The molecule has 0 fully saturated rings. The van der Waals surface area contributed by atoms with Gasteiger partial charge >= 0.3 is 0 Å². The van der Waals surface area contributed by atoms with E-state index in [0.717, 1.165) is 25.1 Å². The quantitative estimate of drug-likeness (QED) is 0.590. The highest BCUT2D eigenvalue weighted by atomic mass is 35.5. The average Bonchev–Trinajstić information content (AvgIpc) is 2.27. The second-order valence-electron chi connectivity index (χ2n) is 5.25. The van der Waals surface area contributed by atoms with Gasteiger partial charge in [0.05, 0.1) is 5.60 Å². The molecule has 0 N–H and O–H groups in total. The summed E-state index contributed by atoms with van der Waals surface area (Å²) in [7, 11) is 1.81. The molecule has 0 spiro atoms. The first-order valence-corrected chi connectivity index (χ1v) is 6.52. The van der Waals surface area contributed by atoms with Crippen LogP contribution in [-0.2, 0) is 4.74 Å². The number of methoxy groups -OCH3 is 1. The molecule has 0 radical (unpaired) electrons. The van der Waals surface area contributed by atoms with E-state index in [2.05, 4.69) is 34.6 Å². The van der Waals surface area contributed by atoms with Crippen LogP contribution in [0.25, 0.3) is 0 Å². The highest BCUT2D eigenvalue weighted by molar-refractivity contribution is 6.18. The van der Waals surface area contributed by atoms with Crippen LogP contribution in [0.3, 0.4) is 0 Å². The fourth-order valence-corrected chi connectivity index (χ4v) is 2.40. The van der Waals surface area contributed by atoms with Crippen molar-refractivity contribution in [1.29, 1.82) is 0 Å². The van der Waals surface area contributed by atoms with E-state index in [0.29, 0.717) is 5.92 Å². The first-order valence-electron chi connectivity index (χ1n) is 5.98.